The van der Waals surface area contributed by atoms with E-state index in [1.54, 1.807) is 6.92 Å². The highest BCUT2D eigenvalue weighted by atomic mass is 32.2. The van der Waals surface area contributed by atoms with E-state index in [2.05, 4.69) is 0 Å². The SMILES string of the molecule is CCOC(=O)CSC(C)C(=O)c1ccc(C)c(C)c1. The van der Waals surface area contributed by atoms with Crippen LogP contribution in [0.15, 0.2) is 18.2 Å². The van der Waals surface area contributed by atoms with E-state index in [4.69, 9.17) is 4.74 Å². The van der Waals surface area contributed by atoms with Crippen LogP contribution >= 0.6 is 11.8 Å². The first-order chi connectivity index (χ1) is 8.95. The van der Waals surface area contributed by atoms with Crippen molar-refractivity contribution in [2.75, 3.05) is 12.4 Å². The van der Waals surface area contributed by atoms with Gasteiger partial charge in [0, 0.05) is 5.56 Å². The molecule has 0 radical (unpaired) electrons. The summed E-state index contributed by atoms with van der Waals surface area (Å²) in [7, 11) is 0. The van der Waals surface area contributed by atoms with Crippen molar-refractivity contribution in [3.8, 4) is 0 Å². The topological polar surface area (TPSA) is 43.4 Å². The number of carbonyl (C=O) groups excluding carboxylic acids is 2. The molecule has 1 unspecified atom stereocenters. The van der Waals surface area contributed by atoms with E-state index >= 15 is 0 Å². The molecule has 0 aliphatic rings. The highest BCUT2D eigenvalue weighted by Gasteiger charge is 2.17. The van der Waals surface area contributed by atoms with Gasteiger partial charge in [0.25, 0.3) is 0 Å². The third-order valence-corrected chi connectivity index (χ3v) is 4.03. The van der Waals surface area contributed by atoms with E-state index in [1.807, 2.05) is 39.0 Å². The van der Waals surface area contributed by atoms with Gasteiger partial charge < -0.3 is 4.74 Å². The first-order valence-corrected chi connectivity index (χ1v) is 7.39. The Balaban J connectivity index is 2.61. The Bertz CT molecular complexity index is 468. The summed E-state index contributed by atoms with van der Waals surface area (Å²) in [5.41, 5.74) is 2.98. The second-order valence-electron chi connectivity index (χ2n) is 4.42. The van der Waals surface area contributed by atoms with Crippen molar-refractivity contribution in [3.63, 3.8) is 0 Å². The molecule has 0 N–H and O–H groups in total. The molecule has 0 heterocycles. The molecular weight excluding hydrogens is 260 g/mol. The number of hydrogen-bond donors (Lipinski definition) is 0. The number of Topliss-reactive ketones (excluding diaryl/α,β-unsaturated/α-hetero) is 1. The Hall–Kier alpha value is -1.29. The molecule has 0 spiro atoms. The highest BCUT2D eigenvalue weighted by Crippen LogP contribution is 2.18. The molecule has 0 saturated carbocycles. The van der Waals surface area contributed by atoms with Gasteiger partial charge in [-0.05, 0) is 44.9 Å². The summed E-state index contributed by atoms with van der Waals surface area (Å²) in [5, 5.41) is -0.244. The predicted octanol–water partition coefficient (Wildman–Crippen LogP) is 3.17. The van der Waals surface area contributed by atoms with Gasteiger partial charge in [0.05, 0.1) is 17.6 Å². The number of carbonyl (C=O) groups is 2. The number of benzene rings is 1. The van der Waals surface area contributed by atoms with Crippen molar-refractivity contribution >= 4 is 23.5 Å². The third kappa shape index (κ3) is 4.71. The van der Waals surface area contributed by atoms with Crippen LogP contribution in [0.3, 0.4) is 0 Å². The first-order valence-electron chi connectivity index (χ1n) is 6.34. The number of esters is 1. The van der Waals surface area contributed by atoms with Crippen molar-refractivity contribution in [3.05, 3.63) is 34.9 Å². The van der Waals surface area contributed by atoms with Crippen molar-refractivity contribution in [1.29, 1.82) is 0 Å². The molecule has 19 heavy (non-hydrogen) atoms. The molecule has 0 bridgehead atoms. The minimum atomic E-state index is -0.271. The van der Waals surface area contributed by atoms with Crippen molar-refractivity contribution in [2.45, 2.75) is 32.9 Å². The second kappa shape index (κ2) is 7.34. The molecule has 0 aliphatic heterocycles. The molecule has 0 aliphatic carbocycles. The van der Waals surface area contributed by atoms with Gasteiger partial charge in [0.1, 0.15) is 0 Å². The molecular formula is C15H20O3S. The lowest BCUT2D eigenvalue weighted by molar-refractivity contribution is -0.139. The van der Waals surface area contributed by atoms with Crippen LogP contribution in [0.2, 0.25) is 0 Å². The third-order valence-electron chi connectivity index (χ3n) is 2.92. The van der Waals surface area contributed by atoms with Gasteiger partial charge in [-0.1, -0.05) is 12.1 Å². The molecule has 104 valence electrons. The predicted molar refractivity (Wildman–Crippen MR) is 78.8 cm³/mol. The van der Waals surface area contributed by atoms with E-state index in [0.717, 1.165) is 5.56 Å². The first kappa shape index (κ1) is 15.8. The van der Waals surface area contributed by atoms with Crippen LogP contribution in [0, 0.1) is 13.8 Å². The summed E-state index contributed by atoms with van der Waals surface area (Å²) in [6.07, 6.45) is 0. The average molecular weight is 280 g/mol. The van der Waals surface area contributed by atoms with Gasteiger partial charge in [-0.3, -0.25) is 9.59 Å². The van der Waals surface area contributed by atoms with Crippen LogP contribution in [0.4, 0.5) is 0 Å². The molecule has 1 atom stereocenters. The maximum atomic E-state index is 12.2. The molecule has 4 heteroatoms. The van der Waals surface area contributed by atoms with Gasteiger partial charge in [-0.25, -0.2) is 0 Å². The summed E-state index contributed by atoms with van der Waals surface area (Å²) >= 11 is 1.31. The maximum Gasteiger partial charge on any atom is 0.315 e. The summed E-state index contributed by atoms with van der Waals surface area (Å²) in [4.78, 5) is 23.5. The fourth-order valence-electron chi connectivity index (χ4n) is 1.60. The van der Waals surface area contributed by atoms with Crippen LogP contribution in [0.1, 0.15) is 35.3 Å². The zero-order valence-electron chi connectivity index (χ0n) is 11.9. The molecule has 0 aromatic heterocycles. The zero-order valence-corrected chi connectivity index (χ0v) is 12.7. The van der Waals surface area contributed by atoms with E-state index in [1.165, 1.54) is 17.3 Å². The lowest BCUT2D eigenvalue weighted by atomic mass is 10.0. The summed E-state index contributed by atoms with van der Waals surface area (Å²) < 4.78 is 4.84. The quantitative estimate of drug-likeness (QED) is 0.593. The Morgan fingerprint density at radius 1 is 1.26 bits per heavy atom. The largest absolute Gasteiger partial charge is 0.465 e. The van der Waals surface area contributed by atoms with Crippen LogP contribution in [0.5, 0.6) is 0 Å². The number of ether oxygens (including phenoxy) is 1. The maximum absolute atomic E-state index is 12.2. The molecule has 0 saturated heterocycles. The van der Waals surface area contributed by atoms with Gasteiger partial charge in [0.2, 0.25) is 0 Å². The summed E-state index contributed by atoms with van der Waals surface area (Å²) in [6, 6.07) is 5.69. The number of aryl methyl sites for hydroxylation is 2. The minimum absolute atomic E-state index is 0.0531. The lowest BCUT2D eigenvalue weighted by Crippen LogP contribution is -2.17. The Morgan fingerprint density at radius 3 is 2.53 bits per heavy atom. The molecule has 3 nitrogen and oxygen atoms in total. The van der Waals surface area contributed by atoms with Gasteiger partial charge >= 0.3 is 5.97 Å². The number of rotatable bonds is 6. The Labute approximate surface area is 118 Å². The van der Waals surface area contributed by atoms with Crippen molar-refractivity contribution < 1.29 is 14.3 Å². The standard InChI is InChI=1S/C15H20O3S/c1-5-18-14(16)9-19-12(4)15(17)13-7-6-10(2)11(3)8-13/h6-8,12H,5,9H2,1-4H3. The second-order valence-corrected chi connectivity index (χ2v) is 5.75. The van der Waals surface area contributed by atoms with Crippen molar-refractivity contribution in [1.82, 2.24) is 0 Å². The van der Waals surface area contributed by atoms with E-state index < -0.39 is 0 Å². The molecule has 1 rings (SSSR count). The van der Waals surface area contributed by atoms with Crippen LogP contribution in [-0.2, 0) is 9.53 Å². The number of thioether (sulfide) groups is 1. The van der Waals surface area contributed by atoms with Crippen LogP contribution in [-0.4, -0.2) is 29.4 Å². The van der Waals surface area contributed by atoms with E-state index in [0.29, 0.717) is 12.2 Å². The molecule has 0 fully saturated rings. The normalized spacial score (nSPS) is 12.0. The smallest absolute Gasteiger partial charge is 0.315 e. The zero-order chi connectivity index (χ0) is 14.4. The molecule has 1 aromatic carbocycles. The van der Waals surface area contributed by atoms with E-state index in [-0.39, 0.29) is 22.8 Å². The van der Waals surface area contributed by atoms with Gasteiger partial charge in [-0.15, -0.1) is 11.8 Å². The van der Waals surface area contributed by atoms with Crippen LogP contribution < -0.4 is 0 Å². The average Bonchev–Trinajstić information content (AvgIpc) is 2.38. The fourth-order valence-corrected chi connectivity index (χ4v) is 2.36. The van der Waals surface area contributed by atoms with E-state index in [9.17, 15) is 9.59 Å². The fraction of sp³-hybridized carbons (Fsp3) is 0.467. The lowest BCUT2D eigenvalue weighted by Gasteiger charge is -2.11. The number of hydrogen-bond acceptors (Lipinski definition) is 4. The van der Waals surface area contributed by atoms with Gasteiger partial charge in [0.15, 0.2) is 5.78 Å². The van der Waals surface area contributed by atoms with Crippen LogP contribution in [0.25, 0.3) is 0 Å². The van der Waals surface area contributed by atoms with Gasteiger partial charge in [-0.2, -0.15) is 0 Å². The summed E-state index contributed by atoms with van der Waals surface area (Å²) in [6.45, 7) is 7.97. The molecule has 1 aromatic rings. The Kier molecular flexibility index (Phi) is 6.09. The Morgan fingerprint density at radius 2 is 1.95 bits per heavy atom. The number of ketones is 1. The highest BCUT2D eigenvalue weighted by molar-refractivity contribution is 8.01. The molecule has 0 amide bonds. The minimum Gasteiger partial charge on any atom is -0.465 e. The monoisotopic (exact) mass is 280 g/mol. The summed E-state index contributed by atoms with van der Waals surface area (Å²) in [5.74, 6) is -0.00405. The van der Waals surface area contributed by atoms with Crippen molar-refractivity contribution in [2.24, 2.45) is 0 Å².